The maximum absolute atomic E-state index is 13.4. The van der Waals surface area contributed by atoms with Crippen LogP contribution in [0.4, 0.5) is 13.9 Å². The van der Waals surface area contributed by atoms with Crippen LogP contribution < -0.4 is 5.32 Å². The van der Waals surface area contributed by atoms with E-state index in [4.69, 9.17) is 5.11 Å². The summed E-state index contributed by atoms with van der Waals surface area (Å²) in [5, 5.41) is 13.8. The predicted molar refractivity (Wildman–Crippen MR) is 71.8 cm³/mol. The molecule has 0 bridgehead atoms. The minimum atomic E-state index is -0.880. The van der Waals surface area contributed by atoms with Gasteiger partial charge in [-0.25, -0.2) is 13.8 Å². The molecule has 0 saturated carbocycles. The molecule has 2 rings (SSSR count). The molecule has 2 aromatic rings. The van der Waals surface area contributed by atoms with Crippen LogP contribution in [0.2, 0.25) is 0 Å². The second-order valence-corrected chi connectivity index (χ2v) is 4.99. The molecule has 0 radical (unpaired) electrons. The molecule has 0 saturated heterocycles. The van der Waals surface area contributed by atoms with Crippen molar-refractivity contribution in [1.29, 1.82) is 0 Å². The number of benzene rings is 1. The molecule has 0 unspecified atom stereocenters. The highest BCUT2D eigenvalue weighted by Gasteiger charge is 2.07. The summed E-state index contributed by atoms with van der Waals surface area (Å²) in [5.41, 5.74) is 0.881. The topological polar surface area (TPSA) is 62.2 Å². The van der Waals surface area contributed by atoms with E-state index in [9.17, 15) is 13.6 Å². The molecule has 2 N–H and O–H groups in total. The van der Waals surface area contributed by atoms with Crippen molar-refractivity contribution in [2.24, 2.45) is 0 Å². The lowest BCUT2D eigenvalue weighted by Gasteiger charge is -2.04. The highest BCUT2D eigenvalue weighted by molar-refractivity contribution is 7.13. The minimum absolute atomic E-state index is 0.0156. The Bertz CT molecular complexity index is 616. The number of anilines is 1. The van der Waals surface area contributed by atoms with Crippen molar-refractivity contribution in [2.75, 3.05) is 5.32 Å². The van der Waals surface area contributed by atoms with Crippen LogP contribution in [0.1, 0.15) is 17.7 Å². The smallest absolute Gasteiger partial charge is 0.303 e. The fourth-order valence-electron chi connectivity index (χ4n) is 1.59. The van der Waals surface area contributed by atoms with Gasteiger partial charge in [0.15, 0.2) is 5.13 Å². The first-order chi connectivity index (χ1) is 9.54. The Morgan fingerprint density at radius 1 is 1.40 bits per heavy atom. The molecular weight excluding hydrogens is 286 g/mol. The summed E-state index contributed by atoms with van der Waals surface area (Å²) in [7, 11) is 0. The Balaban J connectivity index is 1.94. The summed E-state index contributed by atoms with van der Waals surface area (Å²) in [6.07, 6.45) is 0.365. The standard InChI is InChI=1S/C13H12F2N2O2S/c14-9-1-3-11(15)8(5-9)6-16-13-17-10(7-20-13)2-4-12(18)19/h1,3,5,7H,2,4,6H2,(H,16,17)(H,18,19). The van der Waals surface area contributed by atoms with Gasteiger partial charge >= 0.3 is 5.97 Å². The molecule has 0 aliphatic rings. The average molecular weight is 298 g/mol. The molecule has 0 spiro atoms. The van der Waals surface area contributed by atoms with Crippen molar-refractivity contribution < 1.29 is 18.7 Å². The van der Waals surface area contributed by atoms with Gasteiger partial charge in [0, 0.05) is 23.9 Å². The first-order valence-corrected chi connectivity index (χ1v) is 6.76. The molecule has 0 fully saturated rings. The lowest BCUT2D eigenvalue weighted by molar-refractivity contribution is -0.136. The number of hydrogen-bond donors (Lipinski definition) is 2. The molecule has 1 heterocycles. The molecule has 1 aromatic carbocycles. The van der Waals surface area contributed by atoms with Gasteiger partial charge in [-0.1, -0.05) is 0 Å². The maximum Gasteiger partial charge on any atom is 0.303 e. The average Bonchev–Trinajstić information content (AvgIpc) is 2.85. The van der Waals surface area contributed by atoms with Crippen molar-refractivity contribution in [3.63, 3.8) is 0 Å². The van der Waals surface area contributed by atoms with Crippen LogP contribution in [0.5, 0.6) is 0 Å². The van der Waals surface area contributed by atoms with Crippen LogP contribution in [0.15, 0.2) is 23.6 Å². The fourth-order valence-corrected chi connectivity index (χ4v) is 2.33. The minimum Gasteiger partial charge on any atom is -0.481 e. The van der Waals surface area contributed by atoms with Crippen molar-refractivity contribution in [2.45, 2.75) is 19.4 Å². The van der Waals surface area contributed by atoms with Crippen LogP contribution >= 0.6 is 11.3 Å². The number of halogens is 2. The molecule has 0 aliphatic heterocycles. The molecule has 7 heteroatoms. The van der Waals surface area contributed by atoms with Gasteiger partial charge in [0.05, 0.1) is 12.1 Å². The molecule has 0 atom stereocenters. The van der Waals surface area contributed by atoms with Crippen LogP contribution in [0, 0.1) is 11.6 Å². The first kappa shape index (κ1) is 14.4. The normalized spacial score (nSPS) is 10.5. The molecule has 0 aliphatic carbocycles. The Labute approximate surface area is 118 Å². The van der Waals surface area contributed by atoms with Crippen molar-refractivity contribution in [3.05, 3.63) is 46.5 Å². The SMILES string of the molecule is O=C(O)CCc1csc(NCc2cc(F)ccc2F)n1. The summed E-state index contributed by atoms with van der Waals surface area (Å²) >= 11 is 1.30. The maximum atomic E-state index is 13.4. The number of carbonyl (C=O) groups is 1. The number of thiazole rings is 1. The van der Waals surface area contributed by atoms with E-state index in [1.165, 1.54) is 11.3 Å². The number of carboxylic acids is 1. The quantitative estimate of drug-likeness (QED) is 0.860. The van der Waals surface area contributed by atoms with Crippen molar-refractivity contribution in [1.82, 2.24) is 4.98 Å². The van der Waals surface area contributed by atoms with E-state index in [0.29, 0.717) is 17.2 Å². The van der Waals surface area contributed by atoms with Gasteiger partial charge < -0.3 is 10.4 Å². The zero-order valence-corrected chi connectivity index (χ0v) is 11.2. The summed E-state index contributed by atoms with van der Waals surface area (Å²) in [4.78, 5) is 14.6. The van der Waals surface area contributed by atoms with Crippen LogP contribution in [-0.4, -0.2) is 16.1 Å². The largest absolute Gasteiger partial charge is 0.481 e. The van der Waals surface area contributed by atoms with Gasteiger partial charge in [0.1, 0.15) is 11.6 Å². The monoisotopic (exact) mass is 298 g/mol. The highest BCUT2D eigenvalue weighted by Crippen LogP contribution is 2.18. The van der Waals surface area contributed by atoms with Crippen LogP contribution in [-0.2, 0) is 17.8 Å². The van der Waals surface area contributed by atoms with Gasteiger partial charge in [-0.2, -0.15) is 0 Å². The highest BCUT2D eigenvalue weighted by atomic mass is 32.1. The number of aliphatic carboxylic acids is 1. The van der Waals surface area contributed by atoms with Crippen molar-refractivity contribution >= 4 is 22.4 Å². The van der Waals surface area contributed by atoms with Crippen LogP contribution in [0.25, 0.3) is 0 Å². The Kier molecular flexibility index (Phi) is 4.62. The number of rotatable bonds is 6. The third-order valence-corrected chi connectivity index (χ3v) is 3.43. The Morgan fingerprint density at radius 2 is 2.20 bits per heavy atom. The summed E-state index contributed by atoms with van der Waals surface area (Å²) < 4.78 is 26.4. The summed E-state index contributed by atoms with van der Waals surface area (Å²) in [6, 6.07) is 3.26. The van der Waals surface area contributed by atoms with E-state index in [2.05, 4.69) is 10.3 Å². The molecule has 4 nitrogen and oxygen atoms in total. The molecule has 106 valence electrons. The molecule has 0 amide bonds. The van der Waals surface area contributed by atoms with Gasteiger partial charge in [0.25, 0.3) is 0 Å². The zero-order chi connectivity index (χ0) is 14.5. The van der Waals surface area contributed by atoms with Gasteiger partial charge in [-0.3, -0.25) is 4.79 Å². The lowest BCUT2D eigenvalue weighted by atomic mass is 10.2. The number of aryl methyl sites for hydroxylation is 1. The number of hydrogen-bond acceptors (Lipinski definition) is 4. The van der Waals surface area contributed by atoms with Gasteiger partial charge in [-0.05, 0) is 18.2 Å². The Hall–Kier alpha value is -2.02. The molecule has 1 aromatic heterocycles. The third kappa shape index (κ3) is 3.99. The Morgan fingerprint density at radius 3 is 2.95 bits per heavy atom. The van der Waals surface area contributed by atoms with Gasteiger partial charge in [0.2, 0.25) is 0 Å². The number of carboxylic acid groups (broad SMARTS) is 1. The summed E-state index contributed by atoms with van der Waals surface area (Å²) in [6.45, 7) is 0.121. The number of nitrogens with zero attached hydrogens (tertiary/aromatic N) is 1. The number of nitrogens with one attached hydrogen (secondary N) is 1. The molecule has 20 heavy (non-hydrogen) atoms. The van der Waals surface area contributed by atoms with E-state index < -0.39 is 17.6 Å². The lowest BCUT2D eigenvalue weighted by Crippen LogP contribution is -2.02. The van der Waals surface area contributed by atoms with E-state index >= 15 is 0 Å². The van der Waals surface area contributed by atoms with Gasteiger partial charge in [-0.15, -0.1) is 11.3 Å². The summed E-state index contributed by atoms with van der Waals surface area (Å²) in [5.74, 6) is -1.86. The van der Waals surface area contributed by atoms with E-state index in [0.717, 1.165) is 18.2 Å². The van der Waals surface area contributed by atoms with Crippen LogP contribution in [0.3, 0.4) is 0 Å². The fraction of sp³-hybridized carbons (Fsp3) is 0.231. The first-order valence-electron chi connectivity index (χ1n) is 5.88. The second kappa shape index (κ2) is 6.42. The van der Waals surface area contributed by atoms with Crippen molar-refractivity contribution in [3.8, 4) is 0 Å². The van der Waals surface area contributed by atoms with E-state index in [1.807, 2.05) is 0 Å². The third-order valence-electron chi connectivity index (χ3n) is 2.58. The number of aromatic nitrogens is 1. The zero-order valence-electron chi connectivity index (χ0n) is 10.4. The molecular formula is C13H12F2N2O2S. The second-order valence-electron chi connectivity index (χ2n) is 4.13. The van der Waals surface area contributed by atoms with E-state index in [1.54, 1.807) is 5.38 Å². The van der Waals surface area contributed by atoms with E-state index in [-0.39, 0.29) is 18.5 Å². The predicted octanol–water partition coefficient (Wildman–Crippen LogP) is 3.05.